The molecule has 2 heterocycles. The third-order valence-corrected chi connectivity index (χ3v) is 8.56. The van der Waals surface area contributed by atoms with Crippen LogP contribution in [0.2, 0.25) is 5.02 Å². The first-order chi connectivity index (χ1) is 22.0. The molecule has 0 radical (unpaired) electrons. The van der Waals surface area contributed by atoms with Crippen LogP contribution in [0.4, 0.5) is 5.69 Å². The molecule has 0 aliphatic carbocycles. The Morgan fingerprint density at radius 2 is 2.00 bits per heavy atom. The van der Waals surface area contributed by atoms with E-state index < -0.39 is 22.7 Å². The van der Waals surface area contributed by atoms with Gasteiger partial charge in [0.25, 0.3) is 5.91 Å². The Morgan fingerprint density at radius 1 is 1.24 bits per heavy atom. The van der Waals surface area contributed by atoms with Crippen LogP contribution in [0.1, 0.15) is 44.4 Å². The number of halogens is 1. The van der Waals surface area contributed by atoms with Gasteiger partial charge in [0.2, 0.25) is 11.4 Å². The average molecular weight is 647 g/mol. The van der Waals surface area contributed by atoms with Crippen molar-refractivity contribution < 1.29 is 28.4 Å². The fourth-order valence-corrected chi connectivity index (χ4v) is 5.98. The number of fused-ring (bicyclic) bond motifs is 1. The summed E-state index contributed by atoms with van der Waals surface area (Å²) in [6.45, 7) is 7.95. The number of carboxylic acids is 1. The van der Waals surface area contributed by atoms with E-state index in [1.807, 2.05) is 24.5 Å². The third-order valence-electron chi connectivity index (χ3n) is 8.32. The summed E-state index contributed by atoms with van der Waals surface area (Å²) in [6.07, 6.45) is 17.8. The van der Waals surface area contributed by atoms with Crippen LogP contribution in [0.15, 0.2) is 119 Å². The molecule has 2 atom stereocenters. The molecule has 9 nitrogen and oxygen atoms in total. The number of rotatable bonds is 16. The molecule has 1 N–H and O–H groups in total. The highest BCUT2D eigenvalue weighted by Crippen LogP contribution is 2.45. The number of ether oxygens (including phenoxy) is 1. The summed E-state index contributed by atoms with van der Waals surface area (Å²) in [5.74, 6) is -1.41. The monoisotopic (exact) mass is 646 g/mol. The van der Waals surface area contributed by atoms with E-state index in [1.165, 1.54) is 19.6 Å². The maximum Gasteiger partial charge on any atom is 0.325 e. The second-order valence-corrected chi connectivity index (χ2v) is 11.3. The minimum Gasteiger partial charge on any atom is -0.504 e. The van der Waals surface area contributed by atoms with Crippen LogP contribution in [-0.2, 0) is 26.2 Å². The van der Waals surface area contributed by atoms with Gasteiger partial charge in [-0.15, -0.1) is 4.91 Å². The summed E-state index contributed by atoms with van der Waals surface area (Å²) >= 11 is 6.38. The van der Waals surface area contributed by atoms with E-state index in [9.17, 15) is 19.6 Å². The molecule has 0 saturated carbocycles. The highest BCUT2D eigenvalue weighted by atomic mass is 35.5. The first-order valence-electron chi connectivity index (χ1n) is 14.8. The van der Waals surface area contributed by atoms with Gasteiger partial charge in [0, 0.05) is 47.2 Å². The zero-order valence-corrected chi connectivity index (χ0v) is 27.7. The fraction of sp³-hybridized carbons (Fsp3) is 0.306. The number of hydrogen-bond donors (Lipinski definition) is 1. The lowest BCUT2D eigenvalue weighted by Crippen LogP contribution is -2.42. The van der Waals surface area contributed by atoms with Crippen LogP contribution in [-0.4, -0.2) is 53.4 Å². The minimum atomic E-state index is -1.48. The van der Waals surface area contributed by atoms with Crippen LogP contribution in [0.25, 0.3) is 0 Å². The van der Waals surface area contributed by atoms with E-state index in [4.69, 9.17) is 20.8 Å². The SMILES string of the molecule is C=C(CC)N(C)/C(=C\C=C\C1=[N+](C)c2ccc(Cl)cc2C1(C/C=C/C=C\OC)C(=O)O)C(C/C=C/C)(Cc1ccco1)C(=O)N=O. The van der Waals surface area contributed by atoms with E-state index in [2.05, 4.69) is 11.8 Å². The largest absolute Gasteiger partial charge is 0.504 e. The number of carboxylic acid groups (broad SMARTS) is 1. The molecule has 1 aromatic carbocycles. The summed E-state index contributed by atoms with van der Waals surface area (Å²) in [6, 6.07) is 8.66. The van der Waals surface area contributed by atoms with Gasteiger partial charge in [-0.25, -0.2) is 0 Å². The number of carbonyl (C=O) groups excluding carboxylic acids is 1. The topological polar surface area (TPSA) is 112 Å². The Kier molecular flexibility index (Phi) is 12.4. The Hall–Kier alpha value is -4.76. The van der Waals surface area contributed by atoms with Gasteiger partial charge in [0.15, 0.2) is 5.41 Å². The predicted octanol–water partition coefficient (Wildman–Crippen LogP) is 7.87. The zero-order valence-electron chi connectivity index (χ0n) is 26.9. The van der Waals surface area contributed by atoms with Crippen molar-refractivity contribution in [3.05, 3.63) is 131 Å². The van der Waals surface area contributed by atoms with E-state index in [1.54, 1.807) is 91.9 Å². The lowest BCUT2D eigenvalue weighted by molar-refractivity contribution is -0.401. The van der Waals surface area contributed by atoms with Crippen molar-refractivity contribution in [3.8, 4) is 0 Å². The zero-order chi connectivity index (χ0) is 33.9. The Balaban J connectivity index is 2.29. The highest BCUT2D eigenvalue weighted by Gasteiger charge is 2.55. The number of benzene rings is 1. The van der Waals surface area contributed by atoms with Crippen molar-refractivity contribution in [2.45, 2.75) is 44.9 Å². The summed E-state index contributed by atoms with van der Waals surface area (Å²) in [4.78, 5) is 40.6. The lowest BCUT2D eigenvalue weighted by atomic mass is 9.74. The molecule has 242 valence electrons. The van der Waals surface area contributed by atoms with Crippen LogP contribution in [0.3, 0.4) is 0 Å². The van der Waals surface area contributed by atoms with Crippen molar-refractivity contribution in [3.63, 3.8) is 0 Å². The number of nitroso groups, excluding NO2 is 1. The number of amides is 1. The lowest BCUT2D eigenvalue weighted by Gasteiger charge is -2.37. The highest BCUT2D eigenvalue weighted by molar-refractivity contribution is 6.31. The molecule has 1 aromatic heterocycles. The summed E-state index contributed by atoms with van der Waals surface area (Å²) in [7, 11) is 5.11. The number of carbonyl (C=O) groups is 2. The molecule has 3 rings (SSSR count). The van der Waals surface area contributed by atoms with Gasteiger partial charge in [-0.3, -0.25) is 9.59 Å². The summed E-state index contributed by atoms with van der Waals surface area (Å²) in [5, 5.41) is 14.1. The van der Waals surface area contributed by atoms with Crippen molar-refractivity contribution in [1.29, 1.82) is 0 Å². The Labute approximate surface area is 275 Å². The van der Waals surface area contributed by atoms with Gasteiger partial charge in [0.1, 0.15) is 18.2 Å². The molecule has 2 aromatic rings. The number of nitrogens with zero attached hydrogens (tertiary/aromatic N) is 3. The Bertz CT molecular complexity index is 1630. The maximum absolute atomic E-state index is 13.6. The normalized spacial score (nSPS) is 18.1. The smallest absolute Gasteiger partial charge is 0.325 e. The van der Waals surface area contributed by atoms with E-state index in [0.717, 1.165) is 0 Å². The second-order valence-electron chi connectivity index (χ2n) is 10.9. The fourth-order valence-electron chi connectivity index (χ4n) is 5.81. The molecular formula is C36H41ClN3O6+. The van der Waals surface area contributed by atoms with Gasteiger partial charge < -0.3 is 19.2 Å². The second kappa shape index (κ2) is 16.0. The van der Waals surface area contributed by atoms with Crippen molar-refractivity contribution in [2.75, 3.05) is 21.2 Å². The minimum absolute atomic E-state index is 0.0647. The molecule has 1 aliphatic rings. The maximum atomic E-state index is 13.6. The van der Waals surface area contributed by atoms with E-state index in [-0.39, 0.29) is 19.3 Å². The van der Waals surface area contributed by atoms with Crippen molar-refractivity contribution in [2.24, 2.45) is 10.6 Å². The van der Waals surface area contributed by atoms with E-state index >= 15 is 0 Å². The van der Waals surface area contributed by atoms with Gasteiger partial charge in [-0.05, 0) is 62.6 Å². The van der Waals surface area contributed by atoms with Gasteiger partial charge in [-0.1, -0.05) is 55.5 Å². The number of aliphatic carboxylic acids is 1. The van der Waals surface area contributed by atoms with Gasteiger partial charge in [-0.2, -0.15) is 4.58 Å². The third kappa shape index (κ3) is 7.21. The number of hydrogen-bond acceptors (Lipinski definition) is 6. The van der Waals surface area contributed by atoms with Gasteiger partial charge >= 0.3 is 5.97 Å². The van der Waals surface area contributed by atoms with Gasteiger partial charge in [0.05, 0.1) is 25.2 Å². The molecule has 0 spiro atoms. The number of allylic oxidation sites excluding steroid dienone is 9. The molecule has 0 fully saturated rings. The molecule has 2 unspecified atom stereocenters. The predicted molar refractivity (Wildman–Crippen MR) is 181 cm³/mol. The summed E-state index contributed by atoms with van der Waals surface area (Å²) < 4.78 is 12.4. The summed E-state index contributed by atoms with van der Waals surface area (Å²) in [5.41, 5.74) is -0.0232. The van der Waals surface area contributed by atoms with Crippen molar-refractivity contribution >= 4 is 34.9 Å². The van der Waals surface area contributed by atoms with Crippen LogP contribution in [0.5, 0.6) is 0 Å². The first kappa shape index (κ1) is 35.7. The average Bonchev–Trinajstić information content (AvgIpc) is 3.64. The van der Waals surface area contributed by atoms with Crippen LogP contribution in [0, 0.1) is 10.3 Å². The van der Waals surface area contributed by atoms with Crippen molar-refractivity contribution in [1.82, 2.24) is 4.90 Å². The Morgan fingerprint density at radius 3 is 2.61 bits per heavy atom. The quantitative estimate of drug-likeness (QED) is 0.0649. The molecule has 1 amide bonds. The van der Waals surface area contributed by atoms with Crippen LogP contribution < -0.4 is 0 Å². The molecule has 0 saturated heterocycles. The first-order valence-corrected chi connectivity index (χ1v) is 15.2. The number of furan rings is 1. The molecule has 10 heteroatoms. The molecule has 0 bridgehead atoms. The molecule has 1 aliphatic heterocycles. The van der Waals surface area contributed by atoms with E-state index in [0.29, 0.717) is 45.6 Å². The van der Waals surface area contributed by atoms with Crippen LogP contribution >= 0.6 is 11.6 Å². The molecule has 46 heavy (non-hydrogen) atoms. The standard InChI is InChI=1S/C36H40ClN3O6/c1-7-9-20-35(33(41)38-44,25-28-15-14-23-46-28)31(39(4)26(3)8-2)16-13-17-32-36(34(42)43,21-11-10-12-22-45-6)29-24-27(37)18-19-30(29)40(32)5/h7,9-19,22-24H,3,8,20-21,25H2,1-2,4-6H3/p+1/b9-7+,11-10+,22-12-. The molecular weight excluding hydrogens is 606 g/mol. The number of methoxy groups -OCH3 is 1.